The van der Waals surface area contributed by atoms with E-state index in [-0.39, 0.29) is 0 Å². The molecule has 0 unspecified atom stereocenters. The van der Waals surface area contributed by atoms with Gasteiger partial charge < -0.3 is 4.74 Å². The van der Waals surface area contributed by atoms with Gasteiger partial charge in [0.05, 0.1) is 14.2 Å². The molecule has 0 aliphatic heterocycles. The Morgan fingerprint density at radius 1 is 1.33 bits per heavy atom. The van der Waals surface area contributed by atoms with Gasteiger partial charge in [0.1, 0.15) is 0 Å². The summed E-state index contributed by atoms with van der Waals surface area (Å²) >= 11 is 0. The third kappa shape index (κ3) is 3.98. The average molecular weight is 189 g/mol. The molecule has 0 radical (unpaired) electrons. The van der Waals surface area contributed by atoms with Crippen LogP contribution in [0.3, 0.4) is 0 Å². The summed E-state index contributed by atoms with van der Waals surface area (Å²) in [7, 11) is 1.71. The van der Waals surface area contributed by atoms with Crippen LogP contribution in [-0.2, 0) is 14.4 Å². The molecule has 0 aromatic rings. The summed E-state index contributed by atoms with van der Waals surface area (Å²) < 4.78 is 38.2. The number of carbonyl (C=O) groups is 1. The number of methoxy groups -OCH3 is 1. The van der Waals surface area contributed by atoms with Gasteiger partial charge in [0.15, 0.2) is 0 Å². The molecule has 0 aromatic carbocycles. The molecule has 5 nitrogen and oxygen atoms in total. The van der Waals surface area contributed by atoms with E-state index >= 15 is 0 Å². The first-order valence-electron chi connectivity index (χ1n) is 2.58. The Labute approximate surface area is 65.5 Å². The molecule has 0 aliphatic rings. The Hall–Kier alpha value is -1.02. The Bertz CT molecular complexity index is 159. The summed E-state index contributed by atoms with van der Waals surface area (Å²) in [4.78, 5) is 17.3. The van der Waals surface area contributed by atoms with E-state index in [9.17, 15) is 18.0 Å². The molecule has 0 aromatic heterocycles. The van der Waals surface area contributed by atoms with Gasteiger partial charge >= 0.3 is 12.5 Å². The van der Waals surface area contributed by atoms with E-state index in [1.54, 1.807) is 0 Å². The molecule has 0 spiro atoms. The van der Waals surface area contributed by atoms with Crippen LogP contribution in [0.4, 0.5) is 18.0 Å². The van der Waals surface area contributed by atoms with E-state index in [1.807, 2.05) is 0 Å². The van der Waals surface area contributed by atoms with Crippen molar-refractivity contribution in [3.8, 4) is 0 Å². The number of ether oxygens (including phenoxy) is 1. The zero-order chi connectivity index (χ0) is 9.78. The Kier molecular flexibility index (Phi) is 3.77. The molecule has 0 fully saturated rings. The minimum atomic E-state index is -5.00. The van der Waals surface area contributed by atoms with Gasteiger partial charge in [0, 0.05) is 0 Å². The Morgan fingerprint density at radius 2 is 1.83 bits per heavy atom. The van der Waals surface area contributed by atoms with Crippen molar-refractivity contribution in [3.63, 3.8) is 0 Å². The van der Waals surface area contributed by atoms with E-state index in [4.69, 9.17) is 0 Å². The third-order valence-electron chi connectivity index (χ3n) is 0.676. The van der Waals surface area contributed by atoms with Crippen LogP contribution in [0.1, 0.15) is 0 Å². The lowest BCUT2D eigenvalue weighted by Gasteiger charge is -2.17. The van der Waals surface area contributed by atoms with Crippen molar-refractivity contribution in [1.29, 1.82) is 0 Å². The highest BCUT2D eigenvalue weighted by molar-refractivity contribution is 5.64. The van der Waals surface area contributed by atoms with Crippen molar-refractivity contribution in [3.05, 3.63) is 0 Å². The van der Waals surface area contributed by atoms with Crippen molar-refractivity contribution in [1.82, 2.24) is 5.23 Å². The Morgan fingerprint density at radius 3 is 2.08 bits per heavy atom. The quantitative estimate of drug-likeness (QED) is 0.609. The van der Waals surface area contributed by atoms with Crippen molar-refractivity contribution in [2.24, 2.45) is 0 Å². The largest absolute Gasteiger partial charge is 0.546 e. The lowest BCUT2D eigenvalue weighted by molar-refractivity contribution is -0.471. The maximum atomic E-state index is 11.4. The molecule has 0 heterocycles. The van der Waals surface area contributed by atoms with E-state index < -0.39 is 17.7 Å². The smallest absolute Gasteiger partial charge is 0.450 e. The Balaban J connectivity index is 4.09. The molecule has 0 saturated carbocycles. The number of hydrogen-bond acceptors (Lipinski definition) is 4. The lowest BCUT2D eigenvalue weighted by Crippen LogP contribution is -2.35. The summed E-state index contributed by atoms with van der Waals surface area (Å²) in [6.45, 7) is 0. The molecule has 0 saturated heterocycles. The summed E-state index contributed by atoms with van der Waals surface area (Å²) in [5.74, 6) is 0. The van der Waals surface area contributed by atoms with Crippen LogP contribution < -0.4 is 0 Å². The first kappa shape index (κ1) is 11.0. The first-order chi connectivity index (χ1) is 5.40. The summed E-state index contributed by atoms with van der Waals surface area (Å²) in [5, 5.41) is -0.431. The molecule has 12 heavy (non-hydrogen) atoms. The van der Waals surface area contributed by atoms with Crippen LogP contribution in [0.5, 0.6) is 0 Å². The second kappa shape index (κ2) is 4.12. The van der Waals surface area contributed by atoms with Crippen LogP contribution in [0, 0.1) is 0 Å². The zero-order valence-corrected chi connectivity index (χ0v) is 6.21. The topological polar surface area (TPSA) is 48.0 Å². The molecule has 72 valence electrons. The minimum Gasteiger partial charge on any atom is -0.450 e. The lowest BCUT2D eigenvalue weighted by atomic mass is 11.2. The zero-order valence-electron chi connectivity index (χ0n) is 6.21. The summed E-state index contributed by atoms with van der Waals surface area (Å²) in [6, 6.07) is 0. The first-order valence-corrected chi connectivity index (χ1v) is 2.58. The summed E-state index contributed by atoms with van der Waals surface area (Å²) in [6.07, 6.45) is -6.40. The van der Waals surface area contributed by atoms with Gasteiger partial charge in [-0.15, -0.1) is 18.0 Å². The maximum absolute atomic E-state index is 11.4. The number of nitrogens with zero attached hydrogens (tertiary/aromatic N) is 1. The second-order valence-electron chi connectivity index (χ2n) is 1.45. The highest BCUT2D eigenvalue weighted by Crippen LogP contribution is 2.18. The standard InChI is InChI=1S/C4H6F3NO4/c1-10-3(9)8(11-2)12-4(5,6)7/h1-2H3. The SMILES string of the molecule is COC(=O)N(OC)OC(F)(F)F. The fourth-order valence-corrected chi connectivity index (χ4v) is 0.318. The normalized spacial score (nSPS) is 11.1. The molecule has 0 rings (SSSR count). The number of rotatable bonds is 2. The highest BCUT2D eigenvalue weighted by atomic mass is 19.4. The van der Waals surface area contributed by atoms with Gasteiger partial charge in [-0.2, -0.15) is 0 Å². The molecule has 0 atom stereocenters. The van der Waals surface area contributed by atoms with Gasteiger partial charge in [-0.25, -0.2) is 9.63 Å². The number of halogens is 3. The van der Waals surface area contributed by atoms with Crippen LogP contribution >= 0.6 is 0 Å². The summed E-state index contributed by atoms with van der Waals surface area (Å²) in [5.41, 5.74) is 0. The van der Waals surface area contributed by atoms with Gasteiger partial charge in [0.2, 0.25) is 0 Å². The fraction of sp³-hybridized carbons (Fsp3) is 0.750. The van der Waals surface area contributed by atoms with Crippen molar-refractivity contribution >= 4 is 6.09 Å². The second-order valence-corrected chi connectivity index (χ2v) is 1.45. The van der Waals surface area contributed by atoms with Crippen LogP contribution in [-0.4, -0.2) is 31.9 Å². The maximum Gasteiger partial charge on any atom is 0.546 e. The van der Waals surface area contributed by atoms with Crippen molar-refractivity contribution in [2.75, 3.05) is 14.2 Å². The van der Waals surface area contributed by atoms with Gasteiger partial charge in [-0.05, 0) is 5.23 Å². The number of carbonyl (C=O) groups excluding carboxylic acids is 1. The molecular weight excluding hydrogens is 183 g/mol. The van der Waals surface area contributed by atoms with Gasteiger partial charge in [0.25, 0.3) is 0 Å². The van der Waals surface area contributed by atoms with Crippen molar-refractivity contribution < 1.29 is 32.4 Å². The van der Waals surface area contributed by atoms with Gasteiger partial charge in [-0.1, -0.05) is 0 Å². The molecule has 0 aliphatic carbocycles. The van der Waals surface area contributed by atoms with Crippen LogP contribution in [0.25, 0.3) is 0 Å². The monoisotopic (exact) mass is 189 g/mol. The number of hydrogen-bond donors (Lipinski definition) is 0. The fourth-order valence-electron chi connectivity index (χ4n) is 0.318. The average Bonchev–Trinajstić information content (AvgIpc) is 1.97. The van der Waals surface area contributed by atoms with E-state index in [0.717, 1.165) is 14.2 Å². The predicted octanol–water partition coefficient (Wildman–Crippen LogP) is 1.07. The van der Waals surface area contributed by atoms with Gasteiger partial charge in [-0.3, -0.25) is 0 Å². The highest BCUT2D eigenvalue weighted by Gasteiger charge is 2.36. The molecular formula is C4H6F3NO4. The van der Waals surface area contributed by atoms with E-state index in [1.165, 1.54) is 0 Å². The number of hydroxylamine groups is 2. The van der Waals surface area contributed by atoms with Crippen LogP contribution in [0.2, 0.25) is 0 Å². The molecule has 0 bridgehead atoms. The number of amides is 1. The van der Waals surface area contributed by atoms with Crippen molar-refractivity contribution in [2.45, 2.75) is 6.36 Å². The molecule has 1 amide bonds. The third-order valence-corrected chi connectivity index (χ3v) is 0.676. The predicted molar refractivity (Wildman–Crippen MR) is 28.4 cm³/mol. The molecule has 8 heteroatoms. The van der Waals surface area contributed by atoms with E-state index in [2.05, 4.69) is 14.4 Å². The van der Waals surface area contributed by atoms with E-state index in [0.29, 0.717) is 0 Å². The number of alkyl halides is 3. The van der Waals surface area contributed by atoms with Crippen LogP contribution in [0.15, 0.2) is 0 Å². The molecule has 0 N–H and O–H groups in total. The minimum absolute atomic E-state index is 0.431.